The summed E-state index contributed by atoms with van der Waals surface area (Å²) in [6.45, 7) is 8.38. The van der Waals surface area contributed by atoms with Crippen molar-refractivity contribution in [2.24, 2.45) is 0 Å². The molecule has 1 saturated heterocycles. The second-order valence-electron chi connectivity index (χ2n) is 6.05. The van der Waals surface area contributed by atoms with Crippen LogP contribution in [0.4, 0.5) is 0 Å². The molecule has 0 spiro atoms. The summed E-state index contributed by atoms with van der Waals surface area (Å²) in [5.74, 6) is -0.872. The van der Waals surface area contributed by atoms with E-state index in [1.54, 1.807) is 6.07 Å². The Hall–Kier alpha value is -1.85. The number of rotatable bonds is 4. The Morgan fingerprint density at radius 1 is 1.32 bits per heavy atom. The fourth-order valence-corrected chi connectivity index (χ4v) is 3.09. The molecule has 22 heavy (non-hydrogen) atoms. The second kappa shape index (κ2) is 6.10. The number of benzene rings is 1. The summed E-state index contributed by atoms with van der Waals surface area (Å²) in [7, 11) is 0. The van der Waals surface area contributed by atoms with E-state index in [0.29, 0.717) is 5.56 Å². The van der Waals surface area contributed by atoms with E-state index < -0.39 is 5.97 Å². The molecular weight excluding hydrogens is 280 g/mol. The number of carboxylic acids is 1. The zero-order valence-electron chi connectivity index (χ0n) is 13.1. The number of fused-ring (bicyclic) bond motifs is 1. The van der Waals surface area contributed by atoms with E-state index in [4.69, 9.17) is 4.74 Å². The number of nitrogens with zero attached hydrogens (tertiary/aromatic N) is 2. The van der Waals surface area contributed by atoms with Crippen LogP contribution in [0.2, 0.25) is 0 Å². The van der Waals surface area contributed by atoms with Gasteiger partial charge in [0.05, 0.1) is 24.3 Å². The topological polar surface area (TPSA) is 54.7 Å². The number of hydrogen-bond acceptors (Lipinski definition) is 3. The number of para-hydroxylation sites is 1. The summed E-state index contributed by atoms with van der Waals surface area (Å²) < 4.78 is 7.47. The number of aromatic nitrogens is 1. The van der Waals surface area contributed by atoms with Gasteiger partial charge >= 0.3 is 5.97 Å². The van der Waals surface area contributed by atoms with Gasteiger partial charge in [-0.25, -0.2) is 4.79 Å². The van der Waals surface area contributed by atoms with Gasteiger partial charge < -0.3 is 14.4 Å². The van der Waals surface area contributed by atoms with Crippen molar-refractivity contribution in [1.29, 1.82) is 0 Å². The maximum Gasteiger partial charge on any atom is 0.337 e. The molecule has 1 fully saturated rings. The van der Waals surface area contributed by atoms with Crippen LogP contribution in [0.5, 0.6) is 0 Å². The molecule has 0 saturated carbocycles. The minimum absolute atomic E-state index is 0.224. The lowest BCUT2D eigenvalue weighted by atomic mass is 10.1. The molecule has 118 valence electrons. The van der Waals surface area contributed by atoms with Crippen LogP contribution in [0.3, 0.4) is 0 Å². The molecule has 1 aromatic carbocycles. The first kappa shape index (κ1) is 15.1. The number of ether oxygens (including phenoxy) is 1. The largest absolute Gasteiger partial charge is 0.478 e. The van der Waals surface area contributed by atoms with Gasteiger partial charge in [-0.3, -0.25) is 4.90 Å². The minimum Gasteiger partial charge on any atom is -0.478 e. The molecule has 3 rings (SSSR count). The molecule has 1 aliphatic heterocycles. The molecule has 1 aromatic heterocycles. The van der Waals surface area contributed by atoms with Gasteiger partial charge in [-0.1, -0.05) is 12.1 Å². The van der Waals surface area contributed by atoms with E-state index in [0.717, 1.165) is 43.8 Å². The zero-order chi connectivity index (χ0) is 15.7. The summed E-state index contributed by atoms with van der Waals surface area (Å²) in [6.07, 6.45) is 2.11. The van der Waals surface area contributed by atoms with Crippen LogP contribution in [-0.2, 0) is 11.3 Å². The summed E-state index contributed by atoms with van der Waals surface area (Å²) in [5.41, 5.74) is 2.39. The van der Waals surface area contributed by atoms with E-state index in [1.807, 2.05) is 12.1 Å². The molecule has 5 heteroatoms. The Morgan fingerprint density at radius 3 is 2.68 bits per heavy atom. The standard InChI is InChI=1S/C17H22N2O3/c1-12(2)19-11-13(10-18-6-8-22-9-7-18)14-4-3-5-15(16(14)19)17(20)21/h3-5,11-12H,6-10H2,1-2H3,(H,20,21). The smallest absolute Gasteiger partial charge is 0.337 e. The van der Waals surface area contributed by atoms with Crippen LogP contribution >= 0.6 is 0 Å². The van der Waals surface area contributed by atoms with E-state index in [-0.39, 0.29) is 6.04 Å². The van der Waals surface area contributed by atoms with Crippen LogP contribution in [0, 0.1) is 0 Å². The van der Waals surface area contributed by atoms with Gasteiger partial charge in [0, 0.05) is 37.3 Å². The number of carboxylic acid groups (broad SMARTS) is 1. The summed E-state index contributed by atoms with van der Waals surface area (Å²) in [6, 6.07) is 5.76. The molecular formula is C17H22N2O3. The van der Waals surface area contributed by atoms with Crippen LogP contribution < -0.4 is 0 Å². The third-order valence-corrected chi connectivity index (χ3v) is 4.22. The van der Waals surface area contributed by atoms with Crippen LogP contribution in [-0.4, -0.2) is 46.8 Å². The summed E-state index contributed by atoms with van der Waals surface area (Å²) in [4.78, 5) is 13.9. The van der Waals surface area contributed by atoms with Gasteiger partial charge in [0.25, 0.3) is 0 Å². The van der Waals surface area contributed by atoms with Gasteiger partial charge in [0.2, 0.25) is 0 Å². The number of carbonyl (C=O) groups is 1. The molecule has 0 bridgehead atoms. The van der Waals surface area contributed by atoms with Gasteiger partial charge in [0.1, 0.15) is 0 Å². The number of hydrogen-bond donors (Lipinski definition) is 1. The first-order valence-corrected chi connectivity index (χ1v) is 7.73. The lowest BCUT2D eigenvalue weighted by molar-refractivity contribution is 0.0343. The highest BCUT2D eigenvalue weighted by molar-refractivity contribution is 6.03. The molecule has 0 radical (unpaired) electrons. The highest BCUT2D eigenvalue weighted by Crippen LogP contribution is 2.29. The third kappa shape index (κ3) is 2.74. The van der Waals surface area contributed by atoms with Crippen molar-refractivity contribution in [2.45, 2.75) is 26.4 Å². The van der Waals surface area contributed by atoms with Crippen molar-refractivity contribution in [3.05, 3.63) is 35.5 Å². The Bertz CT molecular complexity index is 685. The van der Waals surface area contributed by atoms with E-state index in [9.17, 15) is 9.90 Å². The lowest BCUT2D eigenvalue weighted by Gasteiger charge is -2.26. The molecule has 2 heterocycles. The van der Waals surface area contributed by atoms with Crippen LogP contribution in [0.15, 0.2) is 24.4 Å². The SMILES string of the molecule is CC(C)n1cc(CN2CCOCC2)c2cccc(C(=O)O)c21. The van der Waals surface area contributed by atoms with E-state index in [2.05, 4.69) is 29.5 Å². The quantitative estimate of drug-likeness (QED) is 0.943. The van der Waals surface area contributed by atoms with Crippen molar-refractivity contribution in [3.63, 3.8) is 0 Å². The van der Waals surface area contributed by atoms with Crippen molar-refractivity contribution in [3.8, 4) is 0 Å². The molecule has 2 aromatic rings. The number of morpholine rings is 1. The average Bonchev–Trinajstić information content (AvgIpc) is 2.87. The second-order valence-corrected chi connectivity index (χ2v) is 6.05. The normalized spacial score (nSPS) is 16.5. The molecule has 1 aliphatic rings. The van der Waals surface area contributed by atoms with E-state index in [1.165, 1.54) is 5.56 Å². The average molecular weight is 302 g/mol. The summed E-state index contributed by atoms with van der Waals surface area (Å²) >= 11 is 0. The number of aromatic carboxylic acids is 1. The first-order chi connectivity index (χ1) is 10.6. The maximum atomic E-state index is 11.5. The molecule has 0 aliphatic carbocycles. The van der Waals surface area contributed by atoms with Gasteiger partial charge in [0.15, 0.2) is 0 Å². The maximum absolute atomic E-state index is 11.5. The molecule has 0 atom stereocenters. The fourth-order valence-electron chi connectivity index (χ4n) is 3.09. The molecule has 0 amide bonds. The predicted octanol–water partition coefficient (Wildman–Crippen LogP) is 2.75. The Balaban J connectivity index is 2.07. The van der Waals surface area contributed by atoms with Crippen molar-refractivity contribution in [1.82, 2.24) is 9.47 Å². The van der Waals surface area contributed by atoms with Gasteiger partial charge in [-0.2, -0.15) is 0 Å². The Morgan fingerprint density at radius 2 is 2.05 bits per heavy atom. The zero-order valence-corrected chi connectivity index (χ0v) is 13.1. The summed E-state index contributed by atoms with van der Waals surface area (Å²) in [5, 5.41) is 10.5. The van der Waals surface area contributed by atoms with E-state index >= 15 is 0 Å². The fraction of sp³-hybridized carbons (Fsp3) is 0.471. The van der Waals surface area contributed by atoms with Crippen molar-refractivity contribution >= 4 is 16.9 Å². The molecule has 5 nitrogen and oxygen atoms in total. The van der Waals surface area contributed by atoms with Gasteiger partial charge in [-0.15, -0.1) is 0 Å². The van der Waals surface area contributed by atoms with Crippen molar-refractivity contribution in [2.75, 3.05) is 26.3 Å². The highest BCUT2D eigenvalue weighted by Gasteiger charge is 2.19. The minimum atomic E-state index is -0.872. The highest BCUT2D eigenvalue weighted by atomic mass is 16.5. The van der Waals surface area contributed by atoms with Crippen molar-refractivity contribution < 1.29 is 14.6 Å². The molecule has 1 N–H and O–H groups in total. The predicted molar refractivity (Wildman–Crippen MR) is 85.4 cm³/mol. The first-order valence-electron chi connectivity index (χ1n) is 7.73. The van der Waals surface area contributed by atoms with Gasteiger partial charge in [-0.05, 0) is 25.5 Å². The monoisotopic (exact) mass is 302 g/mol. The van der Waals surface area contributed by atoms with Crippen LogP contribution in [0.25, 0.3) is 10.9 Å². The molecule has 0 unspecified atom stereocenters. The lowest BCUT2D eigenvalue weighted by Crippen LogP contribution is -2.35. The third-order valence-electron chi connectivity index (χ3n) is 4.22. The Kier molecular flexibility index (Phi) is 4.18. The van der Waals surface area contributed by atoms with Crippen LogP contribution in [0.1, 0.15) is 35.8 Å². The Labute approximate surface area is 130 Å².